The van der Waals surface area contributed by atoms with Gasteiger partial charge in [0.25, 0.3) is 0 Å². The number of hydrogen-bond donors (Lipinski definition) is 0. The molecular formula is C10H17N3O. The highest BCUT2D eigenvalue weighted by Crippen LogP contribution is 2.24. The first kappa shape index (κ1) is 9.65. The van der Waals surface area contributed by atoms with Crippen LogP contribution in [0.4, 0.5) is 0 Å². The fourth-order valence-electron chi connectivity index (χ4n) is 1.54. The van der Waals surface area contributed by atoms with Crippen molar-refractivity contribution in [3.8, 4) is 0 Å². The van der Waals surface area contributed by atoms with Crippen LogP contribution >= 0.6 is 0 Å². The van der Waals surface area contributed by atoms with E-state index in [1.165, 1.54) is 6.42 Å². The Morgan fingerprint density at radius 1 is 1.29 bits per heavy atom. The summed E-state index contributed by atoms with van der Waals surface area (Å²) in [4.78, 5) is 6.74. The molecular weight excluding hydrogens is 178 g/mol. The van der Waals surface area contributed by atoms with Gasteiger partial charge in [-0.3, -0.25) is 4.90 Å². The van der Waals surface area contributed by atoms with Gasteiger partial charge in [0.05, 0.1) is 6.04 Å². The molecule has 1 aromatic rings. The second-order valence-corrected chi connectivity index (χ2v) is 4.21. The maximum Gasteiger partial charge on any atom is 0.243 e. The molecule has 0 amide bonds. The molecule has 2 heterocycles. The predicted octanol–water partition coefficient (Wildman–Crippen LogP) is 1.96. The maximum absolute atomic E-state index is 5.24. The van der Waals surface area contributed by atoms with Crippen LogP contribution in [0, 0.1) is 0 Å². The highest BCUT2D eigenvalue weighted by Gasteiger charge is 2.26. The quantitative estimate of drug-likeness (QED) is 0.739. The lowest BCUT2D eigenvalue weighted by Crippen LogP contribution is -2.39. The van der Waals surface area contributed by atoms with Gasteiger partial charge >= 0.3 is 0 Å². The van der Waals surface area contributed by atoms with Gasteiger partial charge in [0, 0.05) is 19.0 Å². The van der Waals surface area contributed by atoms with Gasteiger partial charge in [-0.05, 0) is 13.3 Å². The fourth-order valence-corrected chi connectivity index (χ4v) is 1.54. The third-order valence-corrected chi connectivity index (χ3v) is 2.77. The van der Waals surface area contributed by atoms with E-state index in [2.05, 4.69) is 35.8 Å². The van der Waals surface area contributed by atoms with Crippen LogP contribution in [0.3, 0.4) is 0 Å². The highest BCUT2D eigenvalue weighted by atomic mass is 16.5. The van der Waals surface area contributed by atoms with Gasteiger partial charge in [0.1, 0.15) is 0 Å². The van der Waals surface area contributed by atoms with Crippen LogP contribution in [0.2, 0.25) is 0 Å². The van der Waals surface area contributed by atoms with Crippen LogP contribution in [-0.4, -0.2) is 28.1 Å². The number of nitrogens with zero attached hydrogens (tertiary/aromatic N) is 3. The van der Waals surface area contributed by atoms with Gasteiger partial charge in [0.15, 0.2) is 5.82 Å². The van der Waals surface area contributed by atoms with Gasteiger partial charge in [-0.2, -0.15) is 4.98 Å². The number of rotatable bonds is 3. The first-order valence-electron chi connectivity index (χ1n) is 5.26. The molecule has 0 radical (unpaired) electrons. The third-order valence-electron chi connectivity index (χ3n) is 2.77. The number of likely N-dealkylation sites (tertiary alicyclic amines) is 1. The van der Waals surface area contributed by atoms with Crippen molar-refractivity contribution in [1.82, 2.24) is 15.0 Å². The Bertz CT molecular complexity index is 304. The lowest BCUT2D eigenvalue weighted by atomic mass is 10.1. The Labute approximate surface area is 84.3 Å². The monoisotopic (exact) mass is 195 g/mol. The van der Waals surface area contributed by atoms with Crippen molar-refractivity contribution in [2.24, 2.45) is 0 Å². The summed E-state index contributed by atoms with van der Waals surface area (Å²) in [6, 6.07) is 0.281. The Balaban J connectivity index is 2.07. The fraction of sp³-hybridized carbons (Fsp3) is 0.800. The van der Waals surface area contributed by atoms with Crippen LogP contribution in [-0.2, 0) is 0 Å². The zero-order valence-electron chi connectivity index (χ0n) is 9.03. The molecule has 1 atom stereocenters. The minimum absolute atomic E-state index is 0.281. The van der Waals surface area contributed by atoms with E-state index in [4.69, 9.17) is 4.52 Å². The molecule has 78 valence electrons. The molecule has 4 heteroatoms. The molecule has 0 aliphatic carbocycles. The highest BCUT2D eigenvalue weighted by molar-refractivity contribution is 4.96. The zero-order chi connectivity index (χ0) is 10.1. The minimum Gasteiger partial charge on any atom is -0.338 e. The molecule has 0 saturated carbocycles. The molecule has 2 rings (SSSR count). The van der Waals surface area contributed by atoms with Crippen LogP contribution in [0.25, 0.3) is 0 Å². The predicted molar refractivity (Wildman–Crippen MR) is 53.0 cm³/mol. The summed E-state index contributed by atoms with van der Waals surface area (Å²) in [6.45, 7) is 8.57. The molecule has 0 aromatic carbocycles. The molecule has 1 aromatic heterocycles. The number of hydrogen-bond acceptors (Lipinski definition) is 4. The van der Waals surface area contributed by atoms with Crippen molar-refractivity contribution in [3.63, 3.8) is 0 Å². The second-order valence-electron chi connectivity index (χ2n) is 4.21. The topological polar surface area (TPSA) is 42.2 Å². The SMILES string of the molecule is CC(C)c1noc(C(C)N2CCC2)n1. The summed E-state index contributed by atoms with van der Waals surface area (Å²) >= 11 is 0. The van der Waals surface area contributed by atoms with Gasteiger partial charge < -0.3 is 4.52 Å². The normalized spacial score (nSPS) is 19.7. The molecule has 0 bridgehead atoms. The molecule has 4 nitrogen and oxygen atoms in total. The lowest BCUT2D eigenvalue weighted by molar-refractivity contribution is 0.105. The summed E-state index contributed by atoms with van der Waals surface area (Å²) in [5.74, 6) is 1.91. The third kappa shape index (κ3) is 1.66. The van der Waals surface area contributed by atoms with Gasteiger partial charge in [0.2, 0.25) is 5.89 Å². The Hall–Kier alpha value is -0.900. The molecule has 14 heavy (non-hydrogen) atoms. The molecule has 1 aliphatic rings. The van der Waals surface area contributed by atoms with E-state index >= 15 is 0 Å². The van der Waals surface area contributed by atoms with E-state index in [9.17, 15) is 0 Å². The zero-order valence-corrected chi connectivity index (χ0v) is 9.03. The molecule has 1 aliphatic heterocycles. The Morgan fingerprint density at radius 2 is 2.00 bits per heavy atom. The average molecular weight is 195 g/mol. The van der Waals surface area contributed by atoms with Crippen molar-refractivity contribution < 1.29 is 4.52 Å². The maximum atomic E-state index is 5.24. The first-order chi connectivity index (χ1) is 6.68. The molecule has 1 unspecified atom stereocenters. The standard InChI is InChI=1S/C10H17N3O/c1-7(2)9-11-10(14-12-9)8(3)13-5-4-6-13/h7-8H,4-6H2,1-3H3. The van der Waals surface area contributed by atoms with Crippen LogP contribution in [0.5, 0.6) is 0 Å². The first-order valence-corrected chi connectivity index (χ1v) is 5.26. The van der Waals surface area contributed by atoms with Crippen LogP contribution in [0.1, 0.15) is 50.9 Å². The van der Waals surface area contributed by atoms with E-state index < -0.39 is 0 Å². The summed E-state index contributed by atoms with van der Waals surface area (Å²) in [5, 5.41) is 3.96. The average Bonchev–Trinajstić information content (AvgIpc) is 2.48. The molecule has 0 N–H and O–H groups in total. The largest absolute Gasteiger partial charge is 0.338 e. The summed E-state index contributed by atoms with van der Waals surface area (Å²) in [5.41, 5.74) is 0. The van der Waals surface area contributed by atoms with E-state index in [1.54, 1.807) is 0 Å². The van der Waals surface area contributed by atoms with E-state index in [0.717, 1.165) is 24.8 Å². The number of aromatic nitrogens is 2. The van der Waals surface area contributed by atoms with E-state index in [-0.39, 0.29) is 6.04 Å². The summed E-state index contributed by atoms with van der Waals surface area (Å²) in [6.07, 6.45) is 1.29. The van der Waals surface area contributed by atoms with Gasteiger partial charge in [-0.25, -0.2) is 0 Å². The van der Waals surface area contributed by atoms with E-state index in [0.29, 0.717) is 5.92 Å². The summed E-state index contributed by atoms with van der Waals surface area (Å²) < 4.78 is 5.24. The minimum atomic E-state index is 0.281. The molecule has 1 saturated heterocycles. The van der Waals surface area contributed by atoms with Crippen molar-refractivity contribution in [2.75, 3.05) is 13.1 Å². The summed E-state index contributed by atoms with van der Waals surface area (Å²) in [7, 11) is 0. The second kappa shape index (κ2) is 3.69. The van der Waals surface area contributed by atoms with E-state index in [1.807, 2.05) is 0 Å². The molecule has 0 spiro atoms. The van der Waals surface area contributed by atoms with Gasteiger partial charge in [-0.15, -0.1) is 0 Å². The van der Waals surface area contributed by atoms with Gasteiger partial charge in [-0.1, -0.05) is 19.0 Å². The van der Waals surface area contributed by atoms with Crippen molar-refractivity contribution in [2.45, 2.75) is 39.2 Å². The van der Waals surface area contributed by atoms with Crippen molar-refractivity contribution in [3.05, 3.63) is 11.7 Å². The van der Waals surface area contributed by atoms with Crippen molar-refractivity contribution in [1.29, 1.82) is 0 Å². The Morgan fingerprint density at radius 3 is 2.43 bits per heavy atom. The molecule has 1 fully saturated rings. The van der Waals surface area contributed by atoms with Crippen LogP contribution in [0.15, 0.2) is 4.52 Å². The smallest absolute Gasteiger partial charge is 0.243 e. The lowest BCUT2D eigenvalue weighted by Gasteiger charge is -2.34. The van der Waals surface area contributed by atoms with Crippen molar-refractivity contribution >= 4 is 0 Å². The van der Waals surface area contributed by atoms with Crippen LogP contribution < -0.4 is 0 Å². The Kier molecular flexibility index (Phi) is 2.54.